The Balaban J connectivity index is 3.44. The highest BCUT2D eigenvalue weighted by Gasteiger charge is 2.02. The molecule has 4 heteroatoms. The zero-order chi connectivity index (χ0) is 8.85. The van der Waals surface area contributed by atoms with Gasteiger partial charge in [0, 0.05) is 18.1 Å². The number of likely N-dealkylation sites (N-methyl/N-ethyl adjacent to an activating group) is 1. The molecule has 0 aliphatic carbocycles. The van der Waals surface area contributed by atoms with Crippen molar-refractivity contribution in [1.82, 2.24) is 4.90 Å². The van der Waals surface area contributed by atoms with E-state index in [0.717, 1.165) is 0 Å². The van der Waals surface area contributed by atoms with Crippen molar-refractivity contribution in [3.63, 3.8) is 0 Å². The number of carbonyl (C=O) groups is 1. The maximum atomic E-state index is 10.1. The van der Waals surface area contributed by atoms with Crippen molar-refractivity contribution < 1.29 is 9.90 Å². The number of aliphatic carboxylic acids is 1. The van der Waals surface area contributed by atoms with Gasteiger partial charge in [-0.05, 0) is 7.05 Å². The third-order valence-electron chi connectivity index (χ3n) is 1.15. The molecule has 0 saturated heterocycles. The van der Waals surface area contributed by atoms with Gasteiger partial charge in [0.25, 0.3) is 0 Å². The minimum absolute atomic E-state index is 0.140. The molecule has 0 radical (unpaired) electrons. The molecule has 0 amide bonds. The molecule has 3 nitrogen and oxygen atoms in total. The Morgan fingerprint density at radius 1 is 1.73 bits per heavy atom. The van der Waals surface area contributed by atoms with Crippen LogP contribution >= 0.6 is 11.6 Å². The van der Waals surface area contributed by atoms with E-state index in [0.29, 0.717) is 18.1 Å². The fourth-order valence-electron chi connectivity index (χ4n) is 0.658. The van der Waals surface area contributed by atoms with Crippen molar-refractivity contribution >= 4 is 17.6 Å². The van der Waals surface area contributed by atoms with Crippen LogP contribution in [0.15, 0.2) is 11.6 Å². The predicted molar refractivity (Wildman–Crippen MR) is 44.7 cm³/mol. The van der Waals surface area contributed by atoms with Crippen LogP contribution in [0.1, 0.15) is 6.42 Å². The predicted octanol–water partition coefficient (Wildman–Crippen LogP) is 1.15. The first-order chi connectivity index (χ1) is 5.02. The lowest BCUT2D eigenvalue weighted by Gasteiger charge is -2.13. The van der Waals surface area contributed by atoms with E-state index in [1.54, 1.807) is 7.05 Å². The first-order valence-electron chi connectivity index (χ1n) is 3.26. The second kappa shape index (κ2) is 5.16. The summed E-state index contributed by atoms with van der Waals surface area (Å²) < 4.78 is 0. The number of nitrogens with zero attached hydrogens (tertiary/aromatic N) is 1. The molecular formula is C7H12ClNO2. The van der Waals surface area contributed by atoms with Crippen LogP contribution < -0.4 is 0 Å². The highest BCUT2D eigenvalue weighted by atomic mass is 35.5. The molecule has 0 aromatic carbocycles. The molecule has 0 spiro atoms. The van der Waals surface area contributed by atoms with Crippen molar-refractivity contribution in [3.05, 3.63) is 11.6 Å². The number of hydrogen-bond donors (Lipinski definition) is 1. The Morgan fingerprint density at radius 2 is 2.27 bits per heavy atom. The summed E-state index contributed by atoms with van der Waals surface area (Å²) in [5, 5.41) is 8.84. The number of carboxylic acids is 1. The topological polar surface area (TPSA) is 40.5 Å². The second-order valence-corrected chi connectivity index (χ2v) is 2.93. The fraction of sp³-hybridized carbons (Fsp3) is 0.571. The Hall–Kier alpha value is -0.540. The van der Waals surface area contributed by atoms with Crippen LogP contribution in [0.25, 0.3) is 0 Å². The molecule has 0 aromatic rings. The third-order valence-corrected chi connectivity index (χ3v) is 1.27. The van der Waals surface area contributed by atoms with Gasteiger partial charge in [-0.15, -0.1) is 0 Å². The van der Waals surface area contributed by atoms with Gasteiger partial charge >= 0.3 is 5.97 Å². The normalized spacial score (nSPS) is 10.1. The molecule has 64 valence electrons. The first kappa shape index (κ1) is 10.5. The average molecular weight is 178 g/mol. The minimum Gasteiger partial charge on any atom is -0.481 e. The lowest BCUT2D eigenvalue weighted by Crippen LogP contribution is -2.22. The van der Waals surface area contributed by atoms with Crippen molar-refractivity contribution in [2.24, 2.45) is 0 Å². The standard InChI is InChI=1S/C7H12ClNO2/c1-6(8)5-9(2)4-3-7(10)11/h1,3-5H2,2H3,(H,10,11). The van der Waals surface area contributed by atoms with Crippen LogP contribution in [0, 0.1) is 0 Å². The zero-order valence-corrected chi connectivity index (χ0v) is 7.26. The molecule has 0 fully saturated rings. The zero-order valence-electron chi connectivity index (χ0n) is 6.51. The van der Waals surface area contributed by atoms with Crippen molar-refractivity contribution in [2.75, 3.05) is 20.1 Å². The van der Waals surface area contributed by atoms with E-state index in [2.05, 4.69) is 6.58 Å². The summed E-state index contributed by atoms with van der Waals surface area (Å²) in [6, 6.07) is 0. The molecule has 0 aliphatic rings. The molecule has 11 heavy (non-hydrogen) atoms. The Kier molecular flexibility index (Phi) is 4.90. The minimum atomic E-state index is -0.794. The highest BCUT2D eigenvalue weighted by molar-refractivity contribution is 6.29. The molecule has 1 N–H and O–H groups in total. The van der Waals surface area contributed by atoms with Gasteiger partial charge in [-0.3, -0.25) is 4.79 Å². The van der Waals surface area contributed by atoms with Gasteiger partial charge in [-0.2, -0.15) is 0 Å². The highest BCUT2D eigenvalue weighted by Crippen LogP contribution is 1.99. The molecule has 0 rings (SSSR count). The van der Waals surface area contributed by atoms with Crippen molar-refractivity contribution in [2.45, 2.75) is 6.42 Å². The number of hydrogen-bond acceptors (Lipinski definition) is 2. The van der Waals surface area contributed by atoms with Gasteiger partial charge in [-0.25, -0.2) is 0 Å². The summed E-state index contributed by atoms with van der Waals surface area (Å²) in [5.41, 5.74) is 0. The number of halogens is 1. The Labute approximate surface area is 71.3 Å². The fourth-order valence-corrected chi connectivity index (χ4v) is 0.862. The van der Waals surface area contributed by atoms with Gasteiger partial charge in [0.05, 0.1) is 6.42 Å². The Bertz CT molecular complexity index is 159. The van der Waals surface area contributed by atoms with Crippen LogP contribution in [-0.2, 0) is 4.79 Å². The van der Waals surface area contributed by atoms with Crippen LogP contribution in [0.3, 0.4) is 0 Å². The Morgan fingerprint density at radius 3 is 2.64 bits per heavy atom. The van der Waals surface area contributed by atoms with Crippen LogP contribution in [0.5, 0.6) is 0 Å². The third kappa shape index (κ3) is 7.36. The maximum Gasteiger partial charge on any atom is 0.304 e. The second-order valence-electron chi connectivity index (χ2n) is 2.40. The largest absolute Gasteiger partial charge is 0.481 e. The van der Waals surface area contributed by atoms with E-state index in [9.17, 15) is 4.79 Å². The number of carboxylic acid groups (broad SMARTS) is 1. The summed E-state index contributed by atoms with van der Waals surface area (Å²) in [5.74, 6) is -0.794. The van der Waals surface area contributed by atoms with Crippen LogP contribution in [-0.4, -0.2) is 36.1 Å². The lowest BCUT2D eigenvalue weighted by atomic mass is 10.4. The van der Waals surface area contributed by atoms with E-state index >= 15 is 0 Å². The first-order valence-corrected chi connectivity index (χ1v) is 3.64. The van der Waals surface area contributed by atoms with E-state index in [4.69, 9.17) is 16.7 Å². The number of rotatable bonds is 5. The van der Waals surface area contributed by atoms with Gasteiger partial charge in [-0.1, -0.05) is 18.2 Å². The lowest BCUT2D eigenvalue weighted by molar-refractivity contribution is -0.137. The van der Waals surface area contributed by atoms with Crippen molar-refractivity contribution in [1.29, 1.82) is 0 Å². The molecular weight excluding hydrogens is 166 g/mol. The van der Waals surface area contributed by atoms with Gasteiger partial charge in [0.15, 0.2) is 0 Å². The van der Waals surface area contributed by atoms with Crippen molar-refractivity contribution in [3.8, 4) is 0 Å². The van der Waals surface area contributed by atoms with E-state index in [-0.39, 0.29) is 6.42 Å². The van der Waals surface area contributed by atoms with E-state index in [1.165, 1.54) is 0 Å². The average Bonchev–Trinajstić information content (AvgIpc) is 1.82. The summed E-state index contributed by atoms with van der Waals surface area (Å²) in [6.45, 7) is 4.54. The molecule has 0 unspecified atom stereocenters. The molecule has 0 aromatic heterocycles. The van der Waals surface area contributed by atoms with Crippen LogP contribution in [0.2, 0.25) is 0 Å². The SMILES string of the molecule is C=C(Cl)CN(C)CCC(=O)O. The molecule has 0 aliphatic heterocycles. The smallest absolute Gasteiger partial charge is 0.304 e. The summed E-state index contributed by atoms with van der Waals surface area (Å²) in [4.78, 5) is 11.9. The van der Waals surface area contributed by atoms with Crippen LogP contribution in [0.4, 0.5) is 0 Å². The van der Waals surface area contributed by atoms with E-state index in [1.807, 2.05) is 4.90 Å². The molecule has 0 atom stereocenters. The molecule has 0 saturated carbocycles. The van der Waals surface area contributed by atoms with Gasteiger partial charge < -0.3 is 10.0 Å². The molecule has 0 heterocycles. The van der Waals surface area contributed by atoms with Gasteiger partial charge in [0.1, 0.15) is 0 Å². The summed E-state index contributed by atoms with van der Waals surface area (Å²) in [7, 11) is 1.80. The summed E-state index contributed by atoms with van der Waals surface area (Å²) in [6.07, 6.45) is 0.140. The monoisotopic (exact) mass is 177 g/mol. The van der Waals surface area contributed by atoms with E-state index < -0.39 is 5.97 Å². The van der Waals surface area contributed by atoms with Gasteiger partial charge in [0.2, 0.25) is 0 Å². The maximum absolute atomic E-state index is 10.1. The molecule has 0 bridgehead atoms. The summed E-state index contributed by atoms with van der Waals surface area (Å²) >= 11 is 5.50. The quantitative estimate of drug-likeness (QED) is 0.685.